The number of oxime groups is 2. The van der Waals surface area contributed by atoms with Crippen LogP contribution in [-0.4, -0.2) is 21.8 Å². The first-order valence-corrected chi connectivity index (χ1v) is 5.96. The van der Waals surface area contributed by atoms with Crippen molar-refractivity contribution < 1.29 is 10.4 Å². The quantitative estimate of drug-likeness (QED) is 0.559. The molecule has 0 aliphatic heterocycles. The summed E-state index contributed by atoms with van der Waals surface area (Å²) in [6.07, 6.45) is 0.503. The molecule has 4 nitrogen and oxygen atoms in total. The van der Waals surface area contributed by atoms with Gasteiger partial charge in [0.1, 0.15) is 5.71 Å². The third kappa shape index (κ3) is 1.78. The molecule has 1 aliphatic carbocycles. The number of rotatable bonds is 0. The van der Waals surface area contributed by atoms with Gasteiger partial charge in [-0.2, -0.15) is 0 Å². The maximum absolute atomic E-state index is 9.35. The maximum Gasteiger partial charge on any atom is 0.118 e. The molecule has 0 saturated heterocycles. The molecule has 1 aliphatic rings. The monoisotopic (exact) mass is 252 g/mol. The standard InChI is InChI=1S/C15H12N2O2/c18-16-14-9-10-5-1-2-6-11(10)15(17-19)13-8-4-3-7-12(13)14/h1-8,18-19H,9H2/b16-14+,17-15-. The van der Waals surface area contributed by atoms with E-state index in [1.165, 1.54) is 0 Å². The van der Waals surface area contributed by atoms with E-state index in [1.54, 1.807) is 0 Å². The molecule has 2 N–H and O–H groups in total. The van der Waals surface area contributed by atoms with Gasteiger partial charge in [-0.15, -0.1) is 0 Å². The Bertz CT molecular complexity index is 690. The van der Waals surface area contributed by atoms with Crippen molar-refractivity contribution in [1.82, 2.24) is 0 Å². The third-order valence-electron chi connectivity index (χ3n) is 3.34. The Kier molecular flexibility index (Phi) is 2.76. The van der Waals surface area contributed by atoms with Crippen molar-refractivity contribution in [3.05, 3.63) is 70.8 Å². The van der Waals surface area contributed by atoms with Gasteiger partial charge in [0.2, 0.25) is 0 Å². The Morgan fingerprint density at radius 1 is 0.737 bits per heavy atom. The lowest BCUT2D eigenvalue weighted by Crippen LogP contribution is -2.07. The molecule has 19 heavy (non-hydrogen) atoms. The fourth-order valence-corrected chi connectivity index (χ4v) is 2.46. The van der Waals surface area contributed by atoms with Gasteiger partial charge in [0.25, 0.3) is 0 Å². The fourth-order valence-electron chi connectivity index (χ4n) is 2.46. The van der Waals surface area contributed by atoms with E-state index in [1.807, 2.05) is 48.5 Å². The largest absolute Gasteiger partial charge is 0.411 e. The van der Waals surface area contributed by atoms with Crippen LogP contribution in [0, 0.1) is 0 Å². The van der Waals surface area contributed by atoms with Crippen LogP contribution in [0.5, 0.6) is 0 Å². The minimum Gasteiger partial charge on any atom is -0.411 e. The van der Waals surface area contributed by atoms with Crippen LogP contribution in [0.15, 0.2) is 58.8 Å². The average Bonchev–Trinajstić information content (AvgIpc) is 2.61. The lowest BCUT2D eigenvalue weighted by atomic mass is 9.98. The summed E-state index contributed by atoms with van der Waals surface area (Å²) in [5.41, 5.74) is 4.46. The van der Waals surface area contributed by atoms with Gasteiger partial charge in [-0.1, -0.05) is 58.8 Å². The zero-order valence-corrected chi connectivity index (χ0v) is 10.1. The summed E-state index contributed by atoms with van der Waals surface area (Å²) < 4.78 is 0. The molecular formula is C15H12N2O2. The summed E-state index contributed by atoms with van der Waals surface area (Å²) in [6.45, 7) is 0. The summed E-state index contributed by atoms with van der Waals surface area (Å²) in [5, 5.41) is 25.4. The summed E-state index contributed by atoms with van der Waals surface area (Å²) >= 11 is 0. The molecule has 0 unspecified atom stereocenters. The second kappa shape index (κ2) is 4.57. The number of hydrogen-bond donors (Lipinski definition) is 2. The lowest BCUT2D eigenvalue weighted by molar-refractivity contribution is 0.318. The third-order valence-corrected chi connectivity index (χ3v) is 3.34. The summed E-state index contributed by atoms with van der Waals surface area (Å²) in [4.78, 5) is 0. The van der Waals surface area contributed by atoms with Gasteiger partial charge in [-0.05, 0) is 5.56 Å². The van der Waals surface area contributed by atoms with Gasteiger partial charge in [0.05, 0.1) is 5.71 Å². The highest BCUT2D eigenvalue weighted by atomic mass is 16.4. The van der Waals surface area contributed by atoms with Gasteiger partial charge in [0.15, 0.2) is 0 Å². The molecule has 0 fully saturated rings. The van der Waals surface area contributed by atoms with E-state index in [-0.39, 0.29) is 0 Å². The van der Waals surface area contributed by atoms with Crippen LogP contribution >= 0.6 is 0 Å². The Morgan fingerprint density at radius 2 is 1.37 bits per heavy atom. The molecule has 0 aromatic heterocycles. The van der Waals surface area contributed by atoms with Crippen LogP contribution in [0.1, 0.15) is 22.3 Å². The van der Waals surface area contributed by atoms with Gasteiger partial charge in [0, 0.05) is 23.1 Å². The highest BCUT2D eigenvalue weighted by Gasteiger charge is 2.23. The average molecular weight is 252 g/mol. The van der Waals surface area contributed by atoms with Crippen LogP contribution < -0.4 is 0 Å². The van der Waals surface area contributed by atoms with Crippen LogP contribution in [0.4, 0.5) is 0 Å². The molecule has 0 bridgehead atoms. The van der Waals surface area contributed by atoms with E-state index in [4.69, 9.17) is 0 Å². The molecule has 0 radical (unpaired) electrons. The van der Waals surface area contributed by atoms with Crippen LogP contribution in [0.25, 0.3) is 0 Å². The maximum atomic E-state index is 9.35. The van der Waals surface area contributed by atoms with E-state index in [0.717, 1.165) is 22.3 Å². The zero-order valence-electron chi connectivity index (χ0n) is 10.1. The fraction of sp³-hybridized carbons (Fsp3) is 0.0667. The van der Waals surface area contributed by atoms with Gasteiger partial charge in [-0.25, -0.2) is 0 Å². The Labute approximate surface area is 110 Å². The highest BCUT2D eigenvalue weighted by molar-refractivity contribution is 6.22. The first kappa shape index (κ1) is 11.5. The first-order chi connectivity index (χ1) is 9.35. The van der Waals surface area contributed by atoms with E-state index < -0.39 is 0 Å². The second-order valence-corrected chi connectivity index (χ2v) is 4.37. The van der Waals surface area contributed by atoms with Crippen molar-refractivity contribution in [2.75, 3.05) is 0 Å². The smallest absolute Gasteiger partial charge is 0.118 e. The normalized spacial score (nSPS) is 17.9. The molecule has 94 valence electrons. The van der Waals surface area contributed by atoms with E-state index in [0.29, 0.717) is 17.8 Å². The lowest BCUT2D eigenvalue weighted by Gasteiger charge is -2.07. The van der Waals surface area contributed by atoms with Crippen molar-refractivity contribution in [2.45, 2.75) is 6.42 Å². The Morgan fingerprint density at radius 3 is 2.05 bits per heavy atom. The summed E-state index contributed by atoms with van der Waals surface area (Å²) in [6, 6.07) is 15.1. The molecule has 3 rings (SSSR count). The predicted molar refractivity (Wildman–Crippen MR) is 72.3 cm³/mol. The summed E-state index contributed by atoms with van der Waals surface area (Å²) in [7, 11) is 0. The highest BCUT2D eigenvalue weighted by Crippen LogP contribution is 2.25. The molecule has 2 aromatic carbocycles. The van der Waals surface area contributed by atoms with Crippen LogP contribution in [0.2, 0.25) is 0 Å². The van der Waals surface area contributed by atoms with Crippen molar-refractivity contribution in [3.63, 3.8) is 0 Å². The minimum absolute atomic E-state index is 0.503. The van der Waals surface area contributed by atoms with E-state index in [9.17, 15) is 10.4 Å². The van der Waals surface area contributed by atoms with Gasteiger partial charge >= 0.3 is 0 Å². The minimum atomic E-state index is 0.503. The molecule has 0 atom stereocenters. The zero-order chi connectivity index (χ0) is 13.2. The van der Waals surface area contributed by atoms with Crippen molar-refractivity contribution >= 4 is 11.4 Å². The van der Waals surface area contributed by atoms with Crippen LogP contribution in [0.3, 0.4) is 0 Å². The van der Waals surface area contributed by atoms with Crippen molar-refractivity contribution in [2.24, 2.45) is 10.3 Å². The van der Waals surface area contributed by atoms with Gasteiger partial charge < -0.3 is 10.4 Å². The second-order valence-electron chi connectivity index (χ2n) is 4.37. The predicted octanol–water partition coefficient (Wildman–Crippen LogP) is 2.65. The molecule has 0 spiro atoms. The van der Waals surface area contributed by atoms with Crippen LogP contribution in [-0.2, 0) is 6.42 Å². The molecule has 0 heterocycles. The Balaban J connectivity index is 2.35. The number of fused-ring (bicyclic) bond motifs is 2. The molecule has 0 saturated carbocycles. The Hall–Kier alpha value is -2.62. The first-order valence-electron chi connectivity index (χ1n) is 5.96. The molecule has 0 amide bonds. The number of nitrogens with zero attached hydrogens (tertiary/aromatic N) is 2. The van der Waals surface area contributed by atoms with Crippen molar-refractivity contribution in [1.29, 1.82) is 0 Å². The van der Waals surface area contributed by atoms with Gasteiger partial charge in [-0.3, -0.25) is 0 Å². The summed E-state index contributed by atoms with van der Waals surface area (Å²) in [5.74, 6) is 0. The van der Waals surface area contributed by atoms with E-state index in [2.05, 4.69) is 10.3 Å². The molecular weight excluding hydrogens is 240 g/mol. The van der Waals surface area contributed by atoms with E-state index >= 15 is 0 Å². The SMILES string of the molecule is O/N=C1/c2ccccc2C/C(=N\O)c2ccccc21. The molecule has 2 aromatic rings. The van der Waals surface area contributed by atoms with Crippen molar-refractivity contribution in [3.8, 4) is 0 Å². The number of hydrogen-bond acceptors (Lipinski definition) is 4. The topological polar surface area (TPSA) is 65.2 Å². The number of benzene rings is 2. The molecule has 4 heteroatoms.